The summed E-state index contributed by atoms with van der Waals surface area (Å²) in [7, 11) is 1.55. The van der Waals surface area contributed by atoms with E-state index in [0.717, 1.165) is 0 Å². The van der Waals surface area contributed by atoms with Gasteiger partial charge in [-0.05, 0) is 12.1 Å². The van der Waals surface area contributed by atoms with Crippen LogP contribution < -0.4 is 10.2 Å². The number of hydrogen-bond acceptors (Lipinski definition) is 6. The fourth-order valence-electron chi connectivity index (χ4n) is 1.78. The lowest BCUT2D eigenvalue weighted by Crippen LogP contribution is -2.44. The Kier molecular flexibility index (Phi) is 4.06. The summed E-state index contributed by atoms with van der Waals surface area (Å²) in [5.41, 5.74) is 0.285. The van der Waals surface area contributed by atoms with Gasteiger partial charge in [0.05, 0.1) is 19.3 Å². The molecular formula is C11H16N4O3. The predicted octanol–water partition coefficient (Wildman–Crippen LogP) is -0.966. The average molecular weight is 252 g/mol. The van der Waals surface area contributed by atoms with Gasteiger partial charge < -0.3 is 20.1 Å². The summed E-state index contributed by atoms with van der Waals surface area (Å²) in [6, 6.07) is 3.38. The zero-order valence-corrected chi connectivity index (χ0v) is 10.2. The maximum absolute atomic E-state index is 11.3. The van der Waals surface area contributed by atoms with Crippen molar-refractivity contribution in [1.29, 1.82) is 0 Å². The maximum atomic E-state index is 11.3. The minimum Gasteiger partial charge on any atom is -0.394 e. The molecule has 0 spiro atoms. The lowest BCUT2D eigenvalue weighted by molar-refractivity contribution is 0.00332. The largest absolute Gasteiger partial charge is 0.394 e. The van der Waals surface area contributed by atoms with Gasteiger partial charge in [-0.3, -0.25) is 4.79 Å². The second-order valence-electron chi connectivity index (χ2n) is 3.98. The van der Waals surface area contributed by atoms with Crippen LogP contribution in [0.15, 0.2) is 12.1 Å². The van der Waals surface area contributed by atoms with Crippen molar-refractivity contribution in [3.05, 3.63) is 17.8 Å². The Morgan fingerprint density at radius 2 is 2.44 bits per heavy atom. The van der Waals surface area contributed by atoms with E-state index in [1.165, 1.54) is 0 Å². The third-order valence-electron chi connectivity index (χ3n) is 2.78. The molecule has 1 aliphatic rings. The fraction of sp³-hybridized carbons (Fsp3) is 0.545. The Hall–Kier alpha value is -1.73. The van der Waals surface area contributed by atoms with E-state index in [1.807, 2.05) is 4.90 Å². The van der Waals surface area contributed by atoms with Crippen molar-refractivity contribution < 1.29 is 14.6 Å². The Labute approximate surface area is 105 Å². The summed E-state index contributed by atoms with van der Waals surface area (Å²) in [4.78, 5) is 13.3. The Morgan fingerprint density at radius 3 is 3.06 bits per heavy atom. The van der Waals surface area contributed by atoms with Gasteiger partial charge in [0.25, 0.3) is 5.91 Å². The molecule has 0 aromatic carbocycles. The smallest absolute Gasteiger partial charge is 0.271 e. The molecule has 1 aliphatic heterocycles. The van der Waals surface area contributed by atoms with Gasteiger partial charge in [-0.15, -0.1) is 10.2 Å². The molecule has 2 N–H and O–H groups in total. The zero-order chi connectivity index (χ0) is 13.0. The third-order valence-corrected chi connectivity index (χ3v) is 2.78. The van der Waals surface area contributed by atoms with Crippen molar-refractivity contribution in [2.24, 2.45) is 0 Å². The summed E-state index contributed by atoms with van der Waals surface area (Å²) in [6.45, 7) is 1.80. The second-order valence-corrected chi connectivity index (χ2v) is 3.98. The monoisotopic (exact) mass is 252 g/mol. The standard InChI is InChI=1S/C11H16N4O3/c1-12-11(17)9-2-3-10(14-13-9)15-4-5-18-8(6-15)7-16/h2-3,8,16H,4-7H2,1H3,(H,12,17). The molecule has 1 fully saturated rings. The molecule has 1 atom stereocenters. The van der Waals surface area contributed by atoms with Gasteiger partial charge in [0.2, 0.25) is 0 Å². The van der Waals surface area contributed by atoms with Gasteiger partial charge in [0.1, 0.15) is 0 Å². The van der Waals surface area contributed by atoms with Gasteiger partial charge in [0, 0.05) is 20.1 Å². The van der Waals surface area contributed by atoms with Crippen molar-refractivity contribution in [3.8, 4) is 0 Å². The zero-order valence-electron chi connectivity index (χ0n) is 10.2. The first-order valence-electron chi connectivity index (χ1n) is 5.78. The summed E-state index contributed by atoms with van der Waals surface area (Å²) in [5, 5.41) is 19.4. The molecule has 1 unspecified atom stereocenters. The normalized spacial score (nSPS) is 19.7. The fourth-order valence-corrected chi connectivity index (χ4v) is 1.78. The van der Waals surface area contributed by atoms with Crippen LogP contribution in [-0.4, -0.2) is 60.7 Å². The summed E-state index contributed by atoms with van der Waals surface area (Å²) in [6.07, 6.45) is -0.195. The minimum atomic E-state index is -0.260. The third kappa shape index (κ3) is 2.74. The molecule has 2 rings (SSSR count). The molecule has 98 valence electrons. The SMILES string of the molecule is CNC(=O)c1ccc(N2CCOC(CO)C2)nn1. The molecule has 18 heavy (non-hydrogen) atoms. The highest BCUT2D eigenvalue weighted by atomic mass is 16.5. The molecule has 0 saturated carbocycles. The number of carbonyl (C=O) groups is 1. The van der Waals surface area contributed by atoms with E-state index in [2.05, 4.69) is 15.5 Å². The number of carbonyl (C=O) groups excluding carboxylic acids is 1. The van der Waals surface area contributed by atoms with E-state index in [0.29, 0.717) is 25.5 Å². The van der Waals surface area contributed by atoms with Crippen molar-refractivity contribution in [1.82, 2.24) is 15.5 Å². The van der Waals surface area contributed by atoms with E-state index >= 15 is 0 Å². The van der Waals surface area contributed by atoms with Gasteiger partial charge in [-0.1, -0.05) is 0 Å². The van der Waals surface area contributed by atoms with Crippen LogP contribution in [0.1, 0.15) is 10.5 Å². The summed E-state index contributed by atoms with van der Waals surface area (Å²) >= 11 is 0. The molecule has 1 saturated heterocycles. The molecule has 1 aromatic heterocycles. The maximum Gasteiger partial charge on any atom is 0.271 e. The Bertz CT molecular complexity index is 409. The lowest BCUT2D eigenvalue weighted by Gasteiger charge is -2.32. The lowest BCUT2D eigenvalue weighted by atomic mass is 10.2. The molecule has 0 aliphatic carbocycles. The number of nitrogens with zero attached hydrogens (tertiary/aromatic N) is 3. The number of hydrogen-bond donors (Lipinski definition) is 2. The van der Waals surface area contributed by atoms with Crippen LogP contribution in [0, 0.1) is 0 Å². The first-order valence-corrected chi connectivity index (χ1v) is 5.78. The first-order chi connectivity index (χ1) is 8.74. The highest BCUT2D eigenvalue weighted by Crippen LogP contribution is 2.14. The summed E-state index contributed by atoms with van der Waals surface area (Å²) < 4.78 is 5.35. The van der Waals surface area contributed by atoms with Crippen LogP contribution in [0.5, 0.6) is 0 Å². The van der Waals surface area contributed by atoms with E-state index in [9.17, 15) is 4.79 Å². The van der Waals surface area contributed by atoms with Crippen molar-refractivity contribution in [2.45, 2.75) is 6.10 Å². The van der Waals surface area contributed by atoms with Crippen LogP contribution in [0.2, 0.25) is 0 Å². The van der Waals surface area contributed by atoms with Gasteiger partial charge in [-0.2, -0.15) is 0 Å². The topological polar surface area (TPSA) is 87.6 Å². The van der Waals surface area contributed by atoms with E-state index in [1.54, 1.807) is 19.2 Å². The van der Waals surface area contributed by atoms with E-state index in [4.69, 9.17) is 9.84 Å². The van der Waals surface area contributed by atoms with Crippen molar-refractivity contribution in [2.75, 3.05) is 38.3 Å². The van der Waals surface area contributed by atoms with Crippen LogP contribution >= 0.6 is 0 Å². The molecule has 0 bridgehead atoms. The predicted molar refractivity (Wildman–Crippen MR) is 64.5 cm³/mol. The minimum absolute atomic E-state index is 0.0136. The number of aliphatic hydroxyl groups excluding tert-OH is 1. The number of aromatic nitrogens is 2. The van der Waals surface area contributed by atoms with E-state index < -0.39 is 0 Å². The Morgan fingerprint density at radius 1 is 1.61 bits per heavy atom. The van der Waals surface area contributed by atoms with E-state index in [-0.39, 0.29) is 24.3 Å². The quantitative estimate of drug-likeness (QED) is 0.720. The molecule has 0 radical (unpaired) electrons. The van der Waals surface area contributed by atoms with Crippen molar-refractivity contribution in [3.63, 3.8) is 0 Å². The van der Waals surface area contributed by atoms with Gasteiger partial charge in [0.15, 0.2) is 11.5 Å². The highest BCUT2D eigenvalue weighted by Gasteiger charge is 2.21. The molecule has 2 heterocycles. The number of aliphatic hydroxyl groups is 1. The molecule has 7 heteroatoms. The molecular weight excluding hydrogens is 236 g/mol. The average Bonchev–Trinajstić information content (AvgIpc) is 2.46. The van der Waals surface area contributed by atoms with Crippen LogP contribution in [0.3, 0.4) is 0 Å². The Balaban J connectivity index is 2.07. The number of rotatable bonds is 3. The number of ether oxygens (including phenoxy) is 1. The molecule has 1 amide bonds. The number of nitrogens with one attached hydrogen (secondary N) is 1. The van der Waals surface area contributed by atoms with Crippen LogP contribution in [0.25, 0.3) is 0 Å². The number of morpholine rings is 1. The summed E-state index contributed by atoms with van der Waals surface area (Å²) in [5.74, 6) is 0.425. The number of amides is 1. The van der Waals surface area contributed by atoms with Crippen LogP contribution in [-0.2, 0) is 4.74 Å². The molecule has 1 aromatic rings. The first kappa shape index (κ1) is 12.7. The van der Waals surface area contributed by atoms with Crippen LogP contribution in [0.4, 0.5) is 5.82 Å². The molecule has 7 nitrogen and oxygen atoms in total. The highest BCUT2D eigenvalue weighted by molar-refractivity contribution is 5.91. The van der Waals surface area contributed by atoms with Gasteiger partial charge in [-0.25, -0.2) is 0 Å². The van der Waals surface area contributed by atoms with Crippen molar-refractivity contribution >= 4 is 11.7 Å². The second kappa shape index (κ2) is 5.74. The van der Waals surface area contributed by atoms with Gasteiger partial charge >= 0.3 is 0 Å². The number of anilines is 1.